The lowest BCUT2D eigenvalue weighted by Gasteiger charge is -2.53. The standard InChI is InChI=1S/C16H14N2O7S/c19-10(8-25-9-4-2-1-3-5-9)17-11-12(20)18-13(11)26-7-6-16(18,14(21)22)15(23)24/h1-7,11,13H,8H2,(H,17,19)(H,21,22)(H,23,24)/t11-,13-/m1/s1. The number of carboxylic acid groups (broad SMARTS) is 2. The van der Waals surface area contributed by atoms with Crippen LogP contribution in [0.3, 0.4) is 0 Å². The van der Waals surface area contributed by atoms with Gasteiger partial charge in [-0.05, 0) is 23.6 Å². The van der Waals surface area contributed by atoms with Crippen LogP contribution in [0.25, 0.3) is 0 Å². The van der Waals surface area contributed by atoms with Crippen molar-refractivity contribution in [3.8, 4) is 5.75 Å². The first-order chi connectivity index (χ1) is 12.4. The van der Waals surface area contributed by atoms with Crippen LogP contribution < -0.4 is 10.1 Å². The minimum absolute atomic E-state index is 0.329. The van der Waals surface area contributed by atoms with E-state index in [1.807, 2.05) is 0 Å². The van der Waals surface area contributed by atoms with Crippen LogP contribution >= 0.6 is 11.8 Å². The van der Waals surface area contributed by atoms with Crippen LogP contribution in [0.5, 0.6) is 5.75 Å². The number of ether oxygens (including phenoxy) is 1. The van der Waals surface area contributed by atoms with Gasteiger partial charge in [-0.1, -0.05) is 18.2 Å². The molecule has 0 aliphatic carbocycles. The second kappa shape index (κ2) is 6.71. The minimum Gasteiger partial charge on any atom is -0.484 e. The van der Waals surface area contributed by atoms with E-state index in [1.54, 1.807) is 30.3 Å². The molecule has 0 bridgehead atoms. The number of nitrogens with one attached hydrogen (secondary N) is 1. The molecule has 0 saturated carbocycles. The first-order valence-corrected chi connectivity index (χ1v) is 8.42. The van der Waals surface area contributed by atoms with Crippen LogP contribution in [0.4, 0.5) is 0 Å². The number of fused-ring (bicyclic) bond motifs is 1. The maximum absolute atomic E-state index is 12.3. The molecule has 136 valence electrons. The molecule has 2 aliphatic rings. The van der Waals surface area contributed by atoms with Crippen molar-refractivity contribution in [2.75, 3.05) is 6.61 Å². The summed E-state index contributed by atoms with van der Waals surface area (Å²) in [5.41, 5.74) is -2.46. The summed E-state index contributed by atoms with van der Waals surface area (Å²) in [7, 11) is 0. The van der Waals surface area contributed by atoms with E-state index in [0.29, 0.717) is 5.75 Å². The third-order valence-electron chi connectivity index (χ3n) is 4.03. The molecule has 1 saturated heterocycles. The molecule has 2 heterocycles. The topological polar surface area (TPSA) is 133 Å². The Morgan fingerprint density at radius 1 is 1.19 bits per heavy atom. The summed E-state index contributed by atoms with van der Waals surface area (Å²) in [5, 5.41) is 21.6. The van der Waals surface area contributed by atoms with Crippen molar-refractivity contribution >= 4 is 35.5 Å². The van der Waals surface area contributed by atoms with Crippen molar-refractivity contribution in [3.05, 3.63) is 41.8 Å². The average Bonchev–Trinajstić information content (AvgIpc) is 2.63. The summed E-state index contributed by atoms with van der Waals surface area (Å²) < 4.78 is 5.28. The lowest BCUT2D eigenvalue weighted by molar-refractivity contribution is -0.178. The van der Waals surface area contributed by atoms with Crippen LogP contribution in [0.1, 0.15) is 0 Å². The lowest BCUT2D eigenvalue weighted by atomic mass is 9.90. The number of β-lactam (4-membered cyclic amide) rings is 1. The Bertz CT molecular complexity index is 781. The van der Waals surface area contributed by atoms with Crippen LogP contribution in [-0.4, -0.2) is 62.4 Å². The Kier molecular flexibility index (Phi) is 4.60. The number of rotatable bonds is 6. The van der Waals surface area contributed by atoms with E-state index >= 15 is 0 Å². The lowest BCUT2D eigenvalue weighted by Crippen LogP contribution is -2.79. The van der Waals surface area contributed by atoms with Crippen molar-refractivity contribution in [2.45, 2.75) is 17.0 Å². The van der Waals surface area contributed by atoms with Gasteiger partial charge in [0.25, 0.3) is 17.4 Å². The molecule has 2 atom stereocenters. The van der Waals surface area contributed by atoms with Crippen LogP contribution in [0, 0.1) is 0 Å². The third-order valence-corrected chi connectivity index (χ3v) is 5.09. The van der Waals surface area contributed by atoms with Crippen molar-refractivity contribution in [1.82, 2.24) is 10.2 Å². The Labute approximate surface area is 151 Å². The average molecular weight is 378 g/mol. The van der Waals surface area contributed by atoms with Gasteiger partial charge in [-0.25, -0.2) is 9.59 Å². The number of aliphatic carboxylic acids is 2. The molecule has 9 nitrogen and oxygen atoms in total. The van der Waals surface area contributed by atoms with E-state index in [1.165, 1.54) is 5.41 Å². The smallest absolute Gasteiger partial charge is 0.345 e. The normalized spacial score (nSPS) is 22.8. The number of para-hydroxylation sites is 1. The van der Waals surface area contributed by atoms with Gasteiger partial charge in [0, 0.05) is 0 Å². The number of benzene rings is 1. The van der Waals surface area contributed by atoms with E-state index in [0.717, 1.165) is 22.7 Å². The third kappa shape index (κ3) is 2.77. The first kappa shape index (κ1) is 17.8. The molecule has 0 radical (unpaired) electrons. The number of hydrogen-bond donors (Lipinski definition) is 3. The maximum Gasteiger partial charge on any atom is 0.345 e. The molecule has 26 heavy (non-hydrogen) atoms. The zero-order valence-electron chi connectivity index (χ0n) is 13.2. The van der Waals surface area contributed by atoms with Gasteiger partial charge in [-0.3, -0.25) is 14.5 Å². The van der Waals surface area contributed by atoms with E-state index < -0.39 is 40.7 Å². The zero-order chi connectivity index (χ0) is 18.9. The number of nitrogens with zero attached hydrogens (tertiary/aromatic N) is 1. The summed E-state index contributed by atoms with van der Waals surface area (Å²) in [4.78, 5) is 48.1. The highest BCUT2D eigenvalue weighted by atomic mass is 32.2. The SMILES string of the molecule is O=C(COc1ccccc1)N[C@@H]1C(=O)N2[C@@H]1SC=CC2(C(=O)O)C(=O)O. The summed E-state index contributed by atoms with van der Waals surface area (Å²) in [5.74, 6) is -4.20. The fraction of sp³-hybridized carbons (Fsp3) is 0.250. The van der Waals surface area contributed by atoms with Gasteiger partial charge in [0.2, 0.25) is 0 Å². The molecule has 3 N–H and O–H groups in total. The second-order valence-corrected chi connectivity index (χ2v) is 6.59. The van der Waals surface area contributed by atoms with Crippen LogP contribution in [0.2, 0.25) is 0 Å². The Morgan fingerprint density at radius 3 is 2.46 bits per heavy atom. The molecule has 1 aromatic carbocycles. The van der Waals surface area contributed by atoms with Gasteiger partial charge in [-0.2, -0.15) is 0 Å². The molecular weight excluding hydrogens is 364 g/mol. The Hall–Kier alpha value is -3.01. The number of hydrogen-bond acceptors (Lipinski definition) is 6. The Morgan fingerprint density at radius 2 is 1.85 bits per heavy atom. The summed E-state index contributed by atoms with van der Waals surface area (Å²) in [6.07, 6.45) is 0.952. The molecular formula is C16H14N2O7S. The number of amides is 2. The van der Waals surface area contributed by atoms with Gasteiger partial charge in [-0.15, -0.1) is 11.8 Å². The maximum atomic E-state index is 12.3. The van der Waals surface area contributed by atoms with Gasteiger partial charge >= 0.3 is 11.9 Å². The van der Waals surface area contributed by atoms with E-state index in [4.69, 9.17) is 4.74 Å². The zero-order valence-corrected chi connectivity index (χ0v) is 14.0. The van der Waals surface area contributed by atoms with Crippen LogP contribution in [0.15, 0.2) is 41.8 Å². The largest absolute Gasteiger partial charge is 0.484 e. The molecule has 0 aromatic heterocycles. The number of carbonyl (C=O) groups excluding carboxylic acids is 2. The molecule has 3 rings (SSSR count). The molecule has 2 aliphatic heterocycles. The molecule has 2 amide bonds. The second-order valence-electron chi connectivity index (χ2n) is 5.56. The van der Waals surface area contributed by atoms with Gasteiger partial charge in [0.05, 0.1) is 0 Å². The van der Waals surface area contributed by atoms with E-state index in [-0.39, 0.29) is 6.61 Å². The van der Waals surface area contributed by atoms with E-state index in [9.17, 15) is 29.4 Å². The summed E-state index contributed by atoms with van der Waals surface area (Å²) in [6.45, 7) is -0.329. The van der Waals surface area contributed by atoms with E-state index in [2.05, 4.69) is 5.32 Å². The monoisotopic (exact) mass is 378 g/mol. The predicted octanol–water partition coefficient (Wildman–Crippen LogP) is -0.113. The highest BCUT2D eigenvalue weighted by Crippen LogP contribution is 2.42. The number of carboxylic acids is 2. The fourth-order valence-corrected chi connectivity index (χ4v) is 3.90. The van der Waals surface area contributed by atoms with Crippen molar-refractivity contribution in [2.24, 2.45) is 0 Å². The van der Waals surface area contributed by atoms with Crippen molar-refractivity contribution in [3.63, 3.8) is 0 Å². The van der Waals surface area contributed by atoms with Crippen molar-refractivity contribution in [1.29, 1.82) is 0 Å². The summed E-state index contributed by atoms with van der Waals surface area (Å²) >= 11 is 1.06. The molecule has 0 spiro atoms. The Balaban J connectivity index is 1.66. The van der Waals surface area contributed by atoms with Gasteiger partial charge in [0.15, 0.2) is 6.61 Å². The van der Waals surface area contributed by atoms with Crippen LogP contribution in [-0.2, 0) is 19.2 Å². The van der Waals surface area contributed by atoms with Gasteiger partial charge in [0.1, 0.15) is 17.2 Å². The predicted molar refractivity (Wildman–Crippen MR) is 89.2 cm³/mol. The highest BCUT2D eigenvalue weighted by molar-refractivity contribution is 8.02. The highest BCUT2D eigenvalue weighted by Gasteiger charge is 2.65. The molecule has 0 unspecified atom stereocenters. The number of thioether (sulfide) groups is 1. The number of carbonyl (C=O) groups is 4. The molecule has 1 fully saturated rings. The summed E-state index contributed by atoms with van der Waals surface area (Å²) in [6, 6.07) is 7.58. The quantitative estimate of drug-likeness (QED) is 0.461. The molecule has 10 heteroatoms. The van der Waals surface area contributed by atoms with Gasteiger partial charge < -0.3 is 20.3 Å². The molecule has 1 aromatic rings. The first-order valence-electron chi connectivity index (χ1n) is 7.48. The fourth-order valence-electron chi connectivity index (χ4n) is 2.73. The van der Waals surface area contributed by atoms with Crippen molar-refractivity contribution < 1.29 is 34.1 Å². The minimum atomic E-state index is -2.46.